The van der Waals surface area contributed by atoms with E-state index in [1.807, 2.05) is 54.4 Å². The maximum atomic E-state index is 12.0. The molecule has 0 bridgehead atoms. The van der Waals surface area contributed by atoms with Gasteiger partial charge in [0.2, 0.25) is 5.91 Å². The minimum absolute atomic E-state index is 0.303. The van der Waals surface area contributed by atoms with Crippen LogP contribution in [0.15, 0.2) is 48.7 Å². The van der Waals surface area contributed by atoms with Crippen LogP contribution in [0.3, 0.4) is 0 Å². The molecule has 3 rings (SSSR count). The lowest BCUT2D eigenvalue weighted by molar-refractivity contribution is -0.123. The molecule has 0 saturated carbocycles. The molecule has 0 radical (unpaired) electrons. The van der Waals surface area contributed by atoms with Crippen molar-refractivity contribution in [3.8, 4) is 0 Å². The van der Waals surface area contributed by atoms with Crippen LogP contribution in [0, 0.1) is 0 Å². The number of carbonyl (C=O) groups is 1. The van der Waals surface area contributed by atoms with Gasteiger partial charge in [0, 0.05) is 25.3 Å². The van der Waals surface area contributed by atoms with Gasteiger partial charge in [0.1, 0.15) is 6.04 Å². The fourth-order valence-corrected chi connectivity index (χ4v) is 3.48. The number of amides is 1. The number of primary amides is 1. The van der Waals surface area contributed by atoms with E-state index >= 15 is 0 Å². The van der Waals surface area contributed by atoms with Crippen molar-refractivity contribution in [2.75, 3.05) is 25.0 Å². The van der Waals surface area contributed by atoms with Crippen LogP contribution in [0.25, 0.3) is 0 Å². The molecule has 2 aromatic rings. The first-order chi connectivity index (χ1) is 11.7. The van der Waals surface area contributed by atoms with Gasteiger partial charge in [0.05, 0.1) is 0 Å². The van der Waals surface area contributed by atoms with Crippen LogP contribution in [0.2, 0.25) is 0 Å². The van der Waals surface area contributed by atoms with Gasteiger partial charge in [-0.25, -0.2) is 0 Å². The molecule has 1 aliphatic rings. The molecular formula is C18H23N5O. The third-order valence-corrected chi connectivity index (χ3v) is 4.55. The lowest BCUT2D eigenvalue weighted by Gasteiger charge is -2.32. The number of rotatable bonds is 6. The first-order valence-corrected chi connectivity index (χ1v) is 8.25. The van der Waals surface area contributed by atoms with Gasteiger partial charge < -0.3 is 10.6 Å². The van der Waals surface area contributed by atoms with Gasteiger partial charge in [-0.05, 0) is 37.6 Å². The van der Waals surface area contributed by atoms with E-state index in [0.717, 1.165) is 37.3 Å². The molecule has 1 aromatic carbocycles. The summed E-state index contributed by atoms with van der Waals surface area (Å²) in [5, 5.41) is 8.20. The van der Waals surface area contributed by atoms with E-state index in [-0.39, 0.29) is 5.91 Å². The minimum Gasteiger partial charge on any atom is -0.368 e. The third kappa shape index (κ3) is 3.54. The highest BCUT2D eigenvalue weighted by Crippen LogP contribution is 2.26. The zero-order valence-electron chi connectivity index (χ0n) is 13.9. The van der Waals surface area contributed by atoms with Crippen molar-refractivity contribution in [2.24, 2.45) is 5.73 Å². The van der Waals surface area contributed by atoms with Gasteiger partial charge in [0.25, 0.3) is 0 Å². The second kappa shape index (κ2) is 7.40. The molecule has 1 amide bonds. The molecule has 1 fully saturated rings. The van der Waals surface area contributed by atoms with E-state index < -0.39 is 6.04 Å². The van der Waals surface area contributed by atoms with Gasteiger partial charge in [-0.1, -0.05) is 30.3 Å². The average molecular weight is 325 g/mol. The first-order valence-electron chi connectivity index (χ1n) is 8.25. The van der Waals surface area contributed by atoms with E-state index in [2.05, 4.69) is 15.1 Å². The summed E-state index contributed by atoms with van der Waals surface area (Å²) in [6.45, 7) is 1.71. The summed E-state index contributed by atoms with van der Waals surface area (Å²) in [5.74, 6) is 0.566. The first kappa shape index (κ1) is 16.4. The maximum Gasteiger partial charge on any atom is 0.239 e. The van der Waals surface area contributed by atoms with E-state index in [4.69, 9.17) is 5.73 Å². The van der Waals surface area contributed by atoms with Gasteiger partial charge in [-0.2, -0.15) is 5.10 Å². The van der Waals surface area contributed by atoms with Crippen LogP contribution in [-0.2, 0) is 4.79 Å². The maximum absolute atomic E-state index is 12.0. The minimum atomic E-state index is -0.421. The summed E-state index contributed by atoms with van der Waals surface area (Å²) >= 11 is 0. The van der Waals surface area contributed by atoms with Crippen molar-refractivity contribution in [2.45, 2.75) is 24.9 Å². The van der Waals surface area contributed by atoms with E-state index in [1.165, 1.54) is 0 Å². The second-order valence-electron chi connectivity index (χ2n) is 6.23. The van der Waals surface area contributed by atoms with Crippen LogP contribution in [-0.4, -0.2) is 47.2 Å². The Morgan fingerprint density at radius 2 is 2.12 bits per heavy atom. The summed E-state index contributed by atoms with van der Waals surface area (Å²) in [6.07, 6.45) is 3.86. The SMILES string of the molecule is CN(C[C@@H]1CCCN1c1cccnn1)[C@@H](C(N)=O)c1ccccc1. The molecular weight excluding hydrogens is 302 g/mol. The number of nitrogens with zero attached hydrogens (tertiary/aromatic N) is 4. The Morgan fingerprint density at radius 1 is 1.33 bits per heavy atom. The Bertz CT molecular complexity index is 664. The smallest absolute Gasteiger partial charge is 0.239 e. The lowest BCUT2D eigenvalue weighted by Crippen LogP contribution is -2.44. The molecule has 1 aromatic heterocycles. The zero-order valence-corrected chi connectivity index (χ0v) is 13.9. The molecule has 1 aliphatic heterocycles. The number of nitrogens with two attached hydrogens (primary N) is 1. The molecule has 1 saturated heterocycles. The van der Waals surface area contributed by atoms with Crippen molar-refractivity contribution in [3.63, 3.8) is 0 Å². The monoisotopic (exact) mass is 325 g/mol. The topological polar surface area (TPSA) is 75.3 Å². The van der Waals surface area contributed by atoms with Crippen molar-refractivity contribution < 1.29 is 4.79 Å². The molecule has 0 unspecified atom stereocenters. The Labute approximate surface area is 142 Å². The van der Waals surface area contributed by atoms with Crippen LogP contribution in [0.1, 0.15) is 24.4 Å². The highest BCUT2D eigenvalue weighted by Gasteiger charge is 2.30. The van der Waals surface area contributed by atoms with Crippen LogP contribution in [0.5, 0.6) is 0 Å². The molecule has 6 nitrogen and oxygen atoms in total. The summed E-state index contributed by atoms with van der Waals surface area (Å²) in [5.41, 5.74) is 6.60. The molecule has 2 atom stereocenters. The third-order valence-electron chi connectivity index (χ3n) is 4.55. The predicted octanol–water partition coefficient (Wildman–Crippen LogP) is 1.60. The number of hydrogen-bond acceptors (Lipinski definition) is 5. The van der Waals surface area contributed by atoms with Gasteiger partial charge in [-0.3, -0.25) is 9.69 Å². The molecule has 0 spiro atoms. The number of carbonyl (C=O) groups excluding carboxylic acids is 1. The van der Waals surface area contributed by atoms with E-state index in [9.17, 15) is 4.79 Å². The fourth-order valence-electron chi connectivity index (χ4n) is 3.48. The lowest BCUT2D eigenvalue weighted by atomic mass is 10.0. The van der Waals surface area contributed by atoms with Crippen LogP contribution in [0.4, 0.5) is 5.82 Å². The molecule has 0 aliphatic carbocycles. The van der Waals surface area contributed by atoms with Gasteiger partial charge >= 0.3 is 0 Å². The quantitative estimate of drug-likeness (QED) is 0.873. The fraction of sp³-hybridized carbons (Fsp3) is 0.389. The average Bonchev–Trinajstić information content (AvgIpc) is 3.04. The molecule has 6 heteroatoms. The van der Waals surface area contributed by atoms with Crippen LogP contribution >= 0.6 is 0 Å². The highest BCUT2D eigenvalue weighted by molar-refractivity contribution is 5.81. The Kier molecular flexibility index (Phi) is 5.05. The Balaban J connectivity index is 1.75. The molecule has 126 valence electrons. The number of benzene rings is 1. The van der Waals surface area contributed by atoms with Crippen LogP contribution < -0.4 is 10.6 Å². The molecule has 2 N–H and O–H groups in total. The van der Waals surface area contributed by atoms with Gasteiger partial charge in [0.15, 0.2) is 5.82 Å². The van der Waals surface area contributed by atoms with Gasteiger partial charge in [-0.15, -0.1) is 5.10 Å². The summed E-state index contributed by atoms with van der Waals surface area (Å²) in [7, 11) is 1.95. The number of anilines is 1. The van der Waals surface area contributed by atoms with Crippen molar-refractivity contribution in [1.29, 1.82) is 0 Å². The molecule has 2 heterocycles. The van der Waals surface area contributed by atoms with Crippen molar-refractivity contribution in [1.82, 2.24) is 15.1 Å². The Hall–Kier alpha value is -2.47. The van der Waals surface area contributed by atoms with Crippen molar-refractivity contribution in [3.05, 3.63) is 54.2 Å². The number of likely N-dealkylation sites (N-methyl/N-ethyl adjacent to an activating group) is 1. The number of aromatic nitrogens is 2. The normalized spacial score (nSPS) is 18.8. The predicted molar refractivity (Wildman–Crippen MR) is 93.4 cm³/mol. The summed E-state index contributed by atoms with van der Waals surface area (Å²) in [6, 6.07) is 13.5. The highest BCUT2D eigenvalue weighted by atomic mass is 16.1. The second-order valence-corrected chi connectivity index (χ2v) is 6.23. The largest absolute Gasteiger partial charge is 0.368 e. The molecule has 24 heavy (non-hydrogen) atoms. The Morgan fingerprint density at radius 3 is 2.79 bits per heavy atom. The summed E-state index contributed by atoms with van der Waals surface area (Å²) in [4.78, 5) is 16.3. The van der Waals surface area contributed by atoms with E-state index in [0.29, 0.717) is 6.04 Å². The zero-order chi connectivity index (χ0) is 16.9. The number of hydrogen-bond donors (Lipinski definition) is 1. The van der Waals surface area contributed by atoms with E-state index in [1.54, 1.807) is 6.20 Å². The van der Waals surface area contributed by atoms with Crippen molar-refractivity contribution >= 4 is 11.7 Å². The standard InChI is InChI=1S/C18H23N5O/c1-22(17(18(19)24)14-7-3-2-4-8-14)13-15-9-6-12-23(15)16-10-5-11-20-21-16/h2-5,7-8,10-11,15,17H,6,9,12-13H2,1H3,(H2,19,24)/t15-,17+/m0/s1. The summed E-state index contributed by atoms with van der Waals surface area (Å²) < 4.78 is 0.